The Kier molecular flexibility index (Phi) is 3.08. The Hall–Kier alpha value is -3.68. The average molecular weight is 337 g/mol. The monoisotopic (exact) mass is 337 g/mol. The summed E-state index contributed by atoms with van der Waals surface area (Å²) in [6.07, 6.45) is 0. The third-order valence-corrected chi connectivity index (χ3v) is 4.03. The maximum absolute atomic E-state index is 14.1. The Balaban J connectivity index is 2.01. The van der Waals surface area contributed by atoms with Gasteiger partial charge in [-0.2, -0.15) is 0 Å². The van der Waals surface area contributed by atoms with Gasteiger partial charge in [-0.1, -0.05) is 6.07 Å². The number of nitrogens with one attached hydrogen (secondary N) is 2. The van der Waals surface area contributed by atoms with Gasteiger partial charge in [-0.25, -0.2) is 9.37 Å². The van der Waals surface area contributed by atoms with E-state index in [4.69, 9.17) is 11.5 Å². The van der Waals surface area contributed by atoms with Crippen molar-refractivity contribution in [1.82, 2.24) is 15.0 Å². The molecule has 0 radical (unpaired) electrons. The van der Waals surface area contributed by atoms with E-state index >= 15 is 0 Å². The van der Waals surface area contributed by atoms with E-state index in [0.717, 1.165) is 0 Å². The molecule has 0 atom stereocenters. The van der Waals surface area contributed by atoms with Crippen LogP contribution in [0.1, 0.15) is 10.4 Å². The van der Waals surface area contributed by atoms with Crippen LogP contribution in [0.25, 0.3) is 33.3 Å². The van der Waals surface area contributed by atoms with Gasteiger partial charge < -0.3 is 21.4 Å². The van der Waals surface area contributed by atoms with Crippen molar-refractivity contribution in [2.75, 3.05) is 5.73 Å². The van der Waals surface area contributed by atoms with E-state index in [9.17, 15) is 14.0 Å². The number of hydrogen-bond acceptors (Lipinski definition) is 4. The van der Waals surface area contributed by atoms with Crippen molar-refractivity contribution in [3.05, 3.63) is 58.1 Å². The van der Waals surface area contributed by atoms with Gasteiger partial charge in [0.1, 0.15) is 17.2 Å². The highest BCUT2D eigenvalue weighted by molar-refractivity contribution is 5.99. The Morgan fingerprint density at radius 3 is 2.68 bits per heavy atom. The lowest BCUT2D eigenvalue weighted by atomic mass is 10.1. The van der Waals surface area contributed by atoms with Crippen LogP contribution in [0.4, 0.5) is 10.1 Å². The molecule has 0 spiro atoms. The number of aromatic amines is 2. The summed E-state index contributed by atoms with van der Waals surface area (Å²) in [6, 6.07) is 8.97. The predicted molar refractivity (Wildman–Crippen MR) is 92.5 cm³/mol. The van der Waals surface area contributed by atoms with E-state index in [0.29, 0.717) is 22.1 Å². The number of pyridine rings is 1. The minimum Gasteiger partial charge on any atom is -0.397 e. The second-order valence-corrected chi connectivity index (χ2v) is 5.59. The van der Waals surface area contributed by atoms with Crippen LogP contribution < -0.4 is 17.0 Å². The fourth-order valence-corrected chi connectivity index (χ4v) is 2.85. The molecule has 0 aliphatic heterocycles. The first-order valence-electron chi connectivity index (χ1n) is 7.35. The highest BCUT2D eigenvalue weighted by Crippen LogP contribution is 2.29. The first kappa shape index (κ1) is 14.9. The molecular weight excluding hydrogens is 325 g/mol. The summed E-state index contributed by atoms with van der Waals surface area (Å²) >= 11 is 0. The first-order valence-corrected chi connectivity index (χ1v) is 7.35. The number of nitrogens with two attached hydrogens (primary N) is 2. The molecule has 0 aliphatic rings. The molecule has 2 aromatic heterocycles. The summed E-state index contributed by atoms with van der Waals surface area (Å²) in [5.74, 6) is -0.941. The number of carbonyl (C=O) groups excluding carboxylic acids is 1. The predicted octanol–water partition coefficient (Wildman–Crippen LogP) is 1.89. The van der Waals surface area contributed by atoms with Crippen LogP contribution in [0.5, 0.6) is 0 Å². The lowest BCUT2D eigenvalue weighted by molar-refractivity contribution is 0.100. The van der Waals surface area contributed by atoms with Gasteiger partial charge in [-0.15, -0.1) is 0 Å². The zero-order chi connectivity index (χ0) is 17.7. The highest BCUT2D eigenvalue weighted by atomic mass is 19.1. The maximum atomic E-state index is 14.1. The number of H-pyrrole nitrogens is 2. The Morgan fingerprint density at radius 2 is 1.92 bits per heavy atom. The van der Waals surface area contributed by atoms with Crippen LogP contribution in [-0.2, 0) is 0 Å². The first-order chi connectivity index (χ1) is 12.0. The molecule has 0 saturated heterocycles. The molecule has 6 N–H and O–H groups in total. The third kappa shape index (κ3) is 2.23. The van der Waals surface area contributed by atoms with Crippen molar-refractivity contribution in [2.24, 2.45) is 5.73 Å². The van der Waals surface area contributed by atoms with Gasteiger partial charge in [-0.05, 0) is 30.3 Å². The molecule has 8 heteroatoms. The van der Waals surface area contributed by atoms with Gasteiger partial charge in [0.25, 0.3) is 5.56 Å². The molecule has 1 amide bonds. The van der Waals surface area contributed by atoms with Gasteiger partial charge in [0.15, 0.2) is 0 Å². The highest BCUT2D eigenvalue weighted by Gasteiger charge is 2.18. The summed E-state index contributed by atoms with van der Waals surface area (Å²) in [4.78, 5) is 33.6. The number of rotatable bonds is 2. The van der Waals surface area contributed by atoms with Crippen LogP contribution >= 0.6 is 0 Å². The fraction of sp³-hybridized carbons (Fsp3) is 0. The van der Waals surface area contributed by atoms with Gasteiger partial charge >= 0.3 is 0 Å². The summed E-state index contributed by atoms with van der Waals surface area (Å²) in [7, 11) is 0. The molecule has 0 saturated carbocycles. The molecule has 4 rings (SSSR count). The lowest BCUT2D eigenvalue weighted by Gasteiger charge is -2.07. The molecule has 0 aliphatic carbocycles. The molecule has 0 fully saturated rings. The summed E-state index contributed by atoms with van der Waals surface area (Å²) in [5.41, 5.74) is 12.5. The number of aromatic nitrogens is 3. The van der Waals surface area contributed by atoms with E-state index in [1.54, 1.807) is 12.1 Å². The smallest absolute Gasteiger partial charge is 0.261 e. The molecular formula is C17H12FN5O2. The normalized spacial score (nSPS) is 11.2. The fourth-order valence-electron chi connectivity index (χ4n) is 2.85. The molecule has 4 aromatic rings. The van der Waals surface area contributed by atoms with E-state index in [-0.39, 0.29) is 22.5 Å². The van der Waals surface area contributed by atoms with Crippen molar-refractivity contribution in [3.63, 3.8) is 0 Å². The molecule has 7 nitrogen and oxygen atoms in total. The zero-order valence-corrected chi connectivity index (χ0v) is 12.8. The Bertz CT molecular complexity index is 1230. The van der Waals surface area contributed by atoms with E-state index in [2.05, 4.69) is 15.0 Å². The SMILES string of the molecule is NC(=O)c1ccc2nc(-c3c(N)c4c(F)cccc4[nH]c3=O)[nH]c2c1. The summed E-state index contributed by atoms with van der Waals surface area (Å²) in [6.45, 7) is 0. The van der Waals surface area contributed by atoms with Gasteiger partial charge in [0.2, 0.25) is 5.91 Å². The van der Waals surface area contributed by atoms with Crippen LogP contribution in [0.3, 0.4) is 0 Å². The number of benzene rings is 2. The lowest BCUT2D eigenvalue weighted by Crippen LogP contribution is -2.13. The standard InChI is InChI=1S/C17H12FN5O2/c18-8-2-1-3-10-12(8)14(19)13(17(25)23-10)16-21-9-5-4-7(15(20)24)6-11(9)22-16/h1-6H,(H2,20,24)(H,21,22)(H3,19,23,25). The van der Waals surface area contributed by atoms with Crippen LogP contribution in [-0.4, -0.2) is 20.9 Å². The summed E-state index contributed by atoms with van der Waals surface area (Å²) in [5, 5.41) is 0.121. The van der Waals surface area contributed by atoms with Crippen LogP contribution in [0, 0.1) is 5.82 Å². The molecule has 0 bridgehead atoms. The largest absolute Gasteiger partial charge is 0.397 e. The molecule has 124 valence electrons. The van der Waals surface area contributed by atoms with E-state index in [1.807, 2.05) is 0 Å². The number of amides is 1. The second kappa shape index (κ2) is 5.17. The topological polar surface area (TPSA) is 131 Å². The van der Waals surface area contributed by atoms with Crippen molar-refractivity contribution in [1.29, 1.82) is 0 Å². The van der Waals surface area contributed by atoms with Gasteiger partial charge in [0.05, 0.1) is 27.6 Å². The number of fused-ring (bicyclic) bond motifs is 2. The number of anilines is 1. The minimum atomic E-state index is -0.580. The van der Waals surface area contributed by atoms with Gasteiger partial charge in [0, 0.05) is 5.56 Å². The number of nitrogen functional groups attached to an aromatic ring is 1. The number of imidazole rings is 1. The number of halogens is 1. The molecule has 0 unspecified atom stereocenters. The number of primary amides is 1. The third-order valence-electron chi connectivity index (χ3n) is 4.03. The quantitative estimate of drug-likeness (QED) is 0.445. The number of carbonyl (C=O) groups is 1. The number of nitrogens with zero attached hydrogens (tertiary/aromatic N) is 1. The maximum Gasteiger partial charge on any atom is 0.261 e. The number of hydrogen-bond donors (Lipinski definition) is 4. The zero-order valence-electron chi connectivity index (χ0n) is 12.8. The minimum absolute atomic E-state index is 0.00830. The van der Waals surface area contributed by atoms with Crippen molar-refractivity contribution in [2.45, 2.75) is 0 Å². The molecule has 25 heavy (non-hydrogen) atoms. The average Bonchev–Trinajstić information content (AvgIpc) is 2.96. The summed E-state index contributed by atoms with van der Waals surface area (Å²) < 4.78 is 14.1. The molecule has 2 aromatic carbocycles. The van der Waals surface area contributed by atoms with Crippen LogP contribution in [0.15, 0.2) is 41.2 Å². The van der Waals surface area contributed by atoms with E-state index in [1.165, 1.54) is 24.3 Å². The van der Waals surface area contributed by atoms with Crippen molar-refractivity contribution in [3.8, 4) is 11.4 Å². The second-order valence-electron chi connectivity index (χ2n) is 5.59. The van der Waals surface area contributed by atoms with Gasteiger partial charge in [-0.3, -0.25) is 9.59 Å². The molecule has 2 heterocycles. The Labute approximate surface area is 139 Å². The van der Waals surface area contributed by atoms with E-state index < -0.39 is 17.3 Å². The van der Waals surface area contributed by atoms with Crippen LogP contribution in [0.2, 0.25) is 0 Å². The van der Waals surface area contributed by atoms with Crippen molar-refractivity contribution < 1.29 is 9.18 Å². The van der Waals surface area contributed by atoms with Crippen molar-refractivity contribution >= 4 is 33.5 Å². The Morgan fingerprint density at radius 1 is 1.12 bits per heavy atom.